The molecule has 110 valence electrons. The minimum Gasteiger partial charge on any atom is -0.332 e. The van der Waals surface area contributed by atoms with Crippen LogP contribution in [0.5, 0.6) is 0 Å². The topological polar surface area (TPSA) is 24.1 Å². The largest absolute Gasteiger partial charge is 0.332 e. The van der Waals surface area contributed by atoms with Gasteiger partial charge < -0.3 is 10.6 Å². The molecule has 0 amide bonds. The van der Waals surface area contributed by atoms with E-state index in [-0.39, 0.29) is 5.41 Å². The summed E-state index contributed by atoms with van der Waals surface area (Å²) in [5.74, 6) is 0. The standard InChI is InChI=1S/C17H19ClN2S/c1-17(2,3)14-6-4-5-7-15(14)20-16(21)19-13-10-8-12(18)9-11-13/h4-11H,1-3H3,(H2,19,20,21). The molecular formula is C17H19ClN2S. The van der Waals surface area contributed by atoms with Gasteiger partial charge in [-0.05, 0) is 53.5 Å². The molecule has 2 aromatic carbocycles. The lowest BCUT2D eigenvalue weighted by Crippen LogP contribution is -2.22. The molecule has 0 fully saturated rings. The SMILES string of the molecule is CC(C)(C)c1ccccc1NC(=S)Nc1ccc(Cl)cc1. The average molecular weight is 319 g/mol. The van der Waals surface area contributed by atoms with E-state index in [1.54, 1.807) is 0 Å². The van der Waals surface area contributed by atoms with E-state index in [0.29, 0.717) is 10.1 Å². The van der Waals surface area contributed by atoms with Crippen LogP contribution in [-0.2, 0) is 5.41 Å². The summed E-state index contributed by atoms with van der Waals surface area (Å²) in [6.45, 7) is 6.55. The van der Waals surface area contributed by atoms with Crippen molar-refractivity contribution in [1.29, 1.82) is 0 Å². The fourth-order valence-electron chi connectivity index (χ4n) is 2.06. The highest BCUT2D eigenvalue weighted by molar-refractivity contribution is 7.80. The number of thiocarbonyl (C=S) groups is 1. The van der Waals surface area contributed by atoms with E-state index >= 15 is 0 Å². The van der Waals surface area contributed by atoms with Crippen molar-refractivity contribution in [3.8, 4) is 0 Å². The zero-order chi connectivity index (χ0) is 15.5. The predicted octanol–water partition coefficient (Wildman–Crippen LogP) is 5.45. The molecule has 2 nitrogen and oxygen atoms in total. The summed E-state index contributed by atoms with van der Waals surface area (Å²) in [7, 11) is 0. The van der Waals surface area contributed by atoms with Gasteiger partial charge in [0.1, 0.15) is 0 Å². The van der Waals surface area contributed by atoms with Crippen LogP contribution in [0, 0.1) is 0 Å². The number of anilines is 2. The van der Waals surface area contributed by atoms with Crippen LogP contribution in [0.3, 0.4) is 0 Å². The molecule has 0 unspecified atom stereocenters. The lowest BCUT2D eigenvalue weighted by atomic mass is 9.86. The minimum atomic E-state index is 0.0550. The summed E-state index contributed by atoms with van der Waals surface area (Å²) in [6, 6.07) is 15.6. The molecule has 0 atom stereocenters. The summed E-state index contributed by atoms with van der Waals surface area (Å²) >= 11 is 11.3. The predicted molar refractivity (Wildman–Crippen MR) is 96.4 cm³/mol. The Morgan fingerprint density at radius 1 is 0.952 bits per heavy atom. The van der Waals surface area contributed by atoms with Crippen LogP contribution >= 0.6 is 23.8 Å². The van der Waals surface area contributed by atoms with Crippen LogP contribution in [-0.4, -0.2) is 5.11 Å². The maximum absolute atomic E-state index is 5.87. The summed E-state index contributed by atoms with van der Waals surface area (Å²) < 4.78 is 0. The van der Waals surface area contributed by atoms with E-state index in [4.69, 9.17) is 23.8 Å². The molecule has 0 heterocycles. The lowest BCUT2D eigenvalue weighted by Gasteiger charge is -2.23. The third-order valence-corrected chi connectivity index (χ3v) is 3.54. The molecule has 0 saturated carbocycles. The molecule has 0 bridgehead atoms. The molecule has 4 heteroatoms. The van der Waals surface area contributed by atoms with Crippen LogP contribution in [0.4, 0.5) is 11.4 Å². The van der Waals surface area contributed by atoms with Crippen molar-refractivity contribution in [3.05, 3.63) is 59.1 Å². The van der Waals surface area contributed by atoms with Crippen molar-refractivity contribution in [2.45, 2.75) is 26.2 Å². The number of para-hydroxylation sites is 1. The van der Waals surface area contributed by atoms with E-state index in [1.807, 2.05) is 42.5 Å². The second-order valence-electron chi connectivity index (χ2n) is 5.88. The Labute approximate surface area is 136 Å². The molecule has 0 radical (unpaired) electrons. The second kappa shape index (κ2) is 6.46. The van der Waals surface area contributed by atoms with Crippen LogP contribution in [0.25, 0.3) is 0 Å². The number of hydrogen-bond acceptors (Lipinski definition) is 1. The second-order valence-corrected chi connectivity index (χ2v) is 6.73. The van der Waals surface area contributed by atoms with Gasteiger partial charge in [-0.2, -0.15) is 0 Å². The fourth-order valence-corrected chi connectivity index (χ4v) is 2.42. The Morgan fingerprint density at radius 3 is 2.19 bits per heavy atom. The van der Waals surface area contributed by atoms with Crippen molar-refractivity contribution in [3.63, 3.8) is 0 Å². The van der Waals surface area contributed by atoms with E-state index in [2.05, 4.69) is 37.5 Å². The Balaban J connectivity index is 2.11. The van der Waals surface area contributed by atoms with E-state index in [9.17, 15) is 0 Å². The summed E-state index contributed by atoms with van der Waals surface area (Å²) in [6.07, 6.45) is 0. The maximum atomic E-state index is 5.87. The summed E-state index contributed by atoms with van der Waals surface area (Å²) in [5, 5.41) is 7.70. The molecule has 21 heavy (non-hydrogen) atoms. The molecule has 0 aliphatic heterocycles. The van der Waals surface area contributed by atoms with Gasteiger partial charge in [-0.1, -0.05) is 50.6 Å². The van der Waals surface area contributed by atoms with Gasteiger partial charge in [0.25, 0.3) is 0 Å². The molecule has 0 aliphatic carbocycles. The first kappa shape index (κ1) is 15.8. The molecular weight excluding hydrogens is 300 g/mol. The minimum absolute atomic E-state index is 0.0550. The van der Waals surface area contributed by atoms with E-state index in [1.165, 1.54) is 5.56 Å². The molecule has 0 aliphatic rings. The molecule has 2 rings (SSSR count). The summed E-state index contributed by atoms with van der Waals surface area (Å²) in [5.41, 5.74) is 3.21. The van der Waals surface area contributed by atoms with Gasteiger partial charge in [0.05, 0.1) is 0 Å². The smallest absolute Gasteiger partial charge is 0.175 e. The van der Waals surface area contributed by atoms with Crippen molar-refractivity contribution < 1.29 is 0 Å². The highest BCUT2D eigenvalue weighted by Gasteiger charge is 2.17. The Bertz CT molecular complexity index is 630. The quantitative estimate of drug-likeness (QED) is 0.720. The Kier molecular flexibility index (Phi) is 4.86. The average Bonchev–Trinajstić information content (AvgIpc) is 2.41. The van der Waals surface area contributed by atoms with Crippen molar-refractivity contribution >= 4 is 40.3 Å². The van der Waals surface area contributed by atoms with Gasteiger partial charge in [-0.15, -0.1) is 0 Å². The Morgan fingerprint density at radius 2 is 1.57 bits per heavy atom. The summed E-state index contributed by atoms with van der Waals surface area (Å²) in [4.78, 5) is 0. The number of hydrogen-bond donors (Lipinski definition) is 2. The van der Waals surface area contributed by atoms with Gasteiger partial charge in [0, 0.05) is 16.4 Å². The maximum Gasteiger partial charge on any atom is 0.175 e. The van der Waals surface area contributed by atoms with Crippen LogP contribution in [0.1, 0.15) is 26.3 Å². The molecule has 2 aromatic rings. The first-order chi connectivity index (χ1) is 9.86. The molecule has 0 spiro atoms. The zero-order valence-electron chi connectivity index (χ0n) is 12.4. The highest BCUT2D eigenvalue weighted by Crippen LogP contribution is 2.29. The van der Waals surface area contributed by atoms with Crippen molar-refractivity contribution in [1.82, 2.24) is 0 Å². The van der Waals surface area contributed by atoms with Gasteiger partial charge in [-0.3, -0.25) is 0 Å². The lowest BCUT2D eigenvalue weighted by molar-refractivity contribution is 0.592. The number of rotatable bonds is 2. The molecule has 2 N–H and O–H groups in total. The first-order valence-corrected chi connectivity index (χ1v) is 7.58. The van der Waals surface area contributed by atoms with Gasteiger partial charge in [-0.25, -0.2) is 0 Å². The molecule has 0 aromatic heterocycles. The number of halogens is 1. The third kappa shape index (κ3) is 4.45. The fraction of sp³-hybridized carbons (Fsp3) is 0.235. The first-order valence-electron chi connectivity index (χ1n) is 6.79. The van der Waals surface area contributed by atoms with Gasteiger partial charge in [0.2, 0.25) is 0 Å². The number of benzene rings is 2. The van der Waals surface area contributed by atoms with E-state index < -0.39 is 0 Å². The Hall–Kier alpha value is -1.58. The van der Waals surface area contributed by atoms with E-state index in [0.717, 1.165) is 11.4 Å². The van der Waals surface area contributed by atoms with Crippen molar-refractivity contribution in [2.24, 2.45) is 0 Å². The normalized spacial score (nSPS) is 11.0. The number of nitrogens with one attached hydrogen (secondary N) is 2. The van der Waals surface area contributed by atoms with Crippen LogP contribution in [0.2, 0.25) is 5.02 Å². The third-order valence-electron chi connectivity index (χ3n) is 3.09. The van der Waals surface area contributed by atoms with Gasteiger partial charge in [0.15, 0.2) is 5.11 Å². The molecule has 0 saturated heterocycles. The van der Waals surface area contributed by atoms with Crippen LogP contribution in [0.15, 0.2) is 48.5 Å². The van der Waals surface area contributed by atoms with Gasteiger partial charge >= 0.3 is 0 Å². The zero-order valence-corrected chi connectivity index (χ0v) is 14.0. The highest BCUT2D eigenvalue weighted by atomic mass is 35.5. The van der Waals surface area contributed by atoms with Crippen LogP contribution < -0.4 is 10.6 Å². The monoisotopic (exact) mass is 318 g/mol. The van der Waals surface area contributed by atoms with Crippen molar-refractivity contribution in [2.75, 3.05) is 10.6 Å².